The van der Waals surface area contributed by atoms with Gasteiger partial charge in [-0.25, -0.2) is 0 Å². The lowest BCUT2D eigenvalue weighted by atomic mass is 9.72. The van der Waals surface area contributed by atoms with Crippen LogP contribution < -0.4 is 5.73 Å². The van der Waals surface area contributed by atoms with Crippen molar-refractivity contribution < 1.29 is 18.0 Å². The van der Waals surface area contributed by atoms with Crippen LogP contribution in [0.2, 0.25) is 0 Å². The molecular weight excluding hydrogens is 375 g/mol. The van der Waals surface area contributed by atoms with E-state index in [2.05, 4.69) is 13.8 Å². The molecule has 0 unspecified atom stereocenters. The zero-order valence-corrected chi connectivity index (χ0v) is 17.0. The third kappa shape index (κ3) is 5.40. The number of halogens is 3. The minimum absolute atomic E-state index is 0.0729. The Hall–Kier alpha value is -2.30. The SMILES string of the molecule is CC1(C)CCC(CCc2ccc(-c3cccc(C(N)=O)c3)c(C(F)(F)F)c2)CC1. The van der Waals surface area contributed by atoms with Gasteiger partial charge in [-0.05, 0) is 84.7 Å². The zero-order chi connectivity index (χ0) is 21.2. The standard InChI is InChI=1S/C24H28F3NO/c1-23(2)12-10-16(11-13-23)6-7-17-8-9-20(21(14-17)24(25,26)27)18-4-3-5-19(15-18)22(28)29/h3-5,8-9,14-16H,6-7,10-13H2,1-2H3,(H2,28,29). The van der Waals surface area contributed by atoms with Gasteiger partial charge < -0.3 is 5.73 Å². The maximum absolute atomic E-state index is 13.8. The van der Waals surface area contributed by atoms with E-state index in [1.54, 1.807) is 18.2 Å². The first-order valence-electron chi connectivity index (χ1n) is 10.2. The van der Waals surface area contributed by atoms with Crippen LogP contribution in [0.1, 0.15) is 67.4 Å². The van der Waals surface area contributed by atoms with Gasteiger partial charge in [0.25, 0.3) is 0 Å². The van der Waals surface area contributed by atoms with Crippen LogP contribution >= 0.6 is 0 Å². The highest BCUT2D eigenvalue weighted by Crippen LogP contribution is 2.41. The van der Waals surface area contributed by atoms with Crippen molar-refractivity contribution in [3.63, 3.8) is 0 Å². The highest BCUT2D eigenvalue weighted by Gasteiger charge is 2.34. The first-order valence-corrected chi connectivity index (χ1v) is 10.2. The number of rotatable bonds is 5. The summed E-state index contributed by atoms with van der Waals surface area (Å²) in [5.74, 6) is -0.0722. The highest BCUT2D eigenvalue weighted by atomic mass is 19.4. The second-order valence-electron chi connectivity index (χ2n) is 8.97. The molecule has 1 saturated carbocycles. The molecule has 1 fully saturated rings. The molecule has 0 aromatic heterocycles. The zero-order valence-electron chi connectivity index (χ0n) is 17.0. The molecule has 3 rings (SSSR count). The molecule has 156 valence electrons. The fraction of sp³-hybridized carbons (Fsp3) is 0.458. The molecule has 5 heteroatoms. The van der Waals surface area contributed by atoms with E-state index in [1.807, 2.05) is 0 Å². The van der Waals surface area contributed by atoms with E-state index in [0.29, 0.717) is 28.9 Å². The summed E-state index contributed by atoms with van der Waals surface area (Å²) in [6.45, 7) is 4.57. The fourth-order valence-electron chi connectivity index (χ4n) is 4.19. The minimum atomic E-state index is -4.47. The maximum Gasteiger partial charge on any atom is 0.417 e. The van der Waals surface area contributed by atoms with E-state index >= 15 is 0 Å². The third-order valence-corrected chi connectivity index (χ3v) is 6.15. The number of alkyl halides is 3. The van der Waals surface area contributed by atoms with Crippen molar-refractivity contribution in [3.05, 3.63) is 59.2 Å². The van der Waals surface area contributed by atoms with Gasteiger partial charge in [-0.2, -0.15) is 13.2 Å². The van der Waals surface area contributed by atoms with Crippen molar-refractivity contribution in [1.29, 1.82) is 0 Å². The van der Waals surface area contributed by atoms with Crippen molar-refractivity contribution in [2.45, 2.75) is 58.5 Å². The number of hydrogen-bond donors (Lipinski definition) is 1. The first kappa shape index (κ1) is 21.4. The molecule has 2 aromatic carbocycles. The molecule has 0 atom stereocenters. The number of primary amides is 1. The number of nitrogens with two attached hydrogens (primary N) is 1. The predicted octanol–water partition coefficient (Wildman–Crippen LogP) is 6.62. The van der Waals surface area contributed by atoms with Gasteiger partial charge in [-0.3, -0.25) is 4.79 Å². The van der Waals surface area contributed by atoms with Crippen molar-refractivity contribution >= 4 is 5.91 Å². The number of hydrogen-bond acceptors (Lipinski definition) is 1. The lowest BCUT2D eigenvalue weighted by molar-refractivity contribution is -0.137. The van der Waals surface area contributed by atoms with Crippen LogP contribution in [0.3, 0.4) is 0 Å². The van der Waals surface area contributed by atoms with E-state index in [0.717, 1.165) is 19.3 Å². The second-order valence-corrected chi connectivity index (χ2v) is 8.97. The molecule has 2 N–H and O–H groups in total. The Kier molecular flexibility index (Phi) is 6.06. The van der Waals surface area contributed by atoms with Crippen LogP contribution in [0.4, 0.5) is 13.2 Å². The molecule has 0 aliphatic heterocycles. The van der Waals surface area contributed by atoms with E-state index in [4.69, 9.17) is 5.73 Å². The van der Waals surface area contributed by atoms with Gasteiger partial charge in [0, 0.05) is 5.56 Å². The quantitative estimate of drug-likeness (QED) is 0.599. The third-order valence-electron chi connectivity index (χ3n) is 6.15. The van der Waals surface area contributed by atoms with Gasteiger partial charge in [0.05, 0.1) is 5.56 Å². The molecule has 0 spiro atoms. The monoisotopic (exact) mass is 403 g/mol. The van der Waals surface area contributed by atoms with Crippen LogP contribution in [-0.4, -0.2) is 5.91 Å². The Bertz CT molecular complexity index is 876. The lowest BCUT2D eigenvalue weighted by Crippen LogP contribution is -2.21. The van der Waals surface area contributed by atoms with E-state index in [1.165, 1.54) is 37.1 Å². The van der Waals surface area contributed by atoms with Gasteiger partial charge in [0.2, 0.25) is 5.91 Å². The summed E-state index contributed by atoms with van der Waals surface area (Å²) in [6, 6.07) is 10.6. The van der Waals surface area contributed by atoms with E-state index in [-0.39, 0.29) is 11.1 Å². The maximum atomic E-state index is 13.8. The number of amides is 1. The molecule has 2 nitrogen and oxygen atoms in total. The summed E-state index contributed by atoms with van der Waals surface area (Å²) in [4.78, 5) is 11.4. The summed E-state index contributed by atoms with van der Waals surface area (Å²) < 4.78 is 41.3. The van der Waals surface area contributed by atoms with Gasteiger partial charge in [0.1, 0.15) is 0 Å². The average molecular weight is 403 g/mol. The lowest BCUT2D eigenvalue weighted by Gasteiger charge is -2.34. The van der Waals surface area contributed by atoms with Crippen molar-refractivity contribution in [3.8, 4) is 11.1 Å². The molecule has 29 heavy (non-hydrogen) atoms. The first-order chi connectivity index (χ1) is 13.5. The normalized spacial score (nSPS) is 17.3. The highest BCUT2D eigenvalue weighted by molar-refractivity contribution is 5.94. The van der Waals surface area contributed by atoms with Crippen LogP contribution in [0, 0.1) is 11.3 Å². The molecular formula is C24H28F3NO. The molecule has 1 amide bonds. The summed E-state index contributed by atoms with van der Waals surface area (Å²) in [5.41, 5.74) is 6.31. The molecule has 0 saturated heterocycles. The van der Waals surface area contributed by atoms with Gasteiger partial charge in [-0.15, -0.1) is 0 Å². The van der Waals surface area contributed by atoms with Gasteiger partial charge in [0.15, 0.2) is 0 Å². The molecule has 0 bridgehead atoms. The molecule has 2 aromatic rings. The smallest absolute Gasteiger partial charge is 0.366 e. The average Bonchev–Trinajstić information content (AvgIpc) is 2.66. The van der Waals surface area contributed by atoms with Crippen LogP contribution in [-0.2, 0) is 12.6 Å². The van der Waals surface area contributed by atoms with Gasteiger partial charge in [-0.1, -0.05) is 38.1 Å². The summed E-state index contributed by atoms with van der Waals surface area (Å²) >= 11 is 0. The minimum Gasteiger partial charge on any atom is -0.366 e. The molecule has 0 heterocycles. The Balaban J connectivity index is 1.82. The Morgan fingerprint density at radius 2 is 1.79 bits per heavy atom. The molecule has 1 aliphatic carbocycles. The van der Waals surface area contributed by atoms with Crippen molar-refractivity contribution in [1.82, 2.24) is 0 Å². The number of aryl methyl sites for hydroxylation is 1. The fourth-order valence-corrected chi connectivity index (χ4v) is 4.19. The van der Waals surface area contributed by atoms with Crippen molar-refractivity contribution in [2.75, 3.05) is 0 Å². The topological polar surface area (TPSA) is 43.1 Å². The Morgan fingerprint density at radius 3 is 2.41 bits per heavy atom. The predicted molar refractivity (Wildman–Crippen MR) is 109 cm³/mol. The van der Waals surface area contributed by atoms with Crippen LogP contribution in [0.25, 0.3) is 11.1 Å². The molecule has 1 aliphatic rings. The van der Waals surface area contributed by atoms with Gasteiger partial charge >= 0.3 is 6.18 Å². The Morgan fingerprint density at radius 1 is 1.10 bits per heavy atom. The van der Waals surface area contributed by atoms with E-state index in [9.17, 15) is 18.0 Å². The number of carbonyl (C=O) groups is 1. The van der Waals surface area contributed by atoms with E-state index < -0.39 is 17.6 Å². The van der Waals surface area contributed by atoms with Crippen LogP contribution in [0.15, 0.2) is 42.5 Å². The number of benzene rings is 2. The van der Waals surface area contributed by atoms with Crippen LogP contribution in [0.5, 0.6) is 0 Å². The summed E-state index contributed by atoms with van der Waals surface area (Å²) in [5, 5.41) is 0. The van der Waals surface area contributed by atoms with Crippen molar-refractivity contribution in [2.24, 2.45) is 17.1 Å². The second kappa shape index (κ2) is 8.21. The summed E-state index contributed by atoms with van der Waals surface area (Å²) in [6.07, 6.45) is 1.76. The largest absolute Gasteiger partial charge is 0.417 e. The summed E-state index contributed by atoms with van der Waals surface area (Å²) in [7, 11) is 0. The Labute approximate surface area is 170 Å². The molecule has 0 radical (unpaired) electrons. The number of carbonyl (C=O) groups excluding carboxylic acids is 1.